The van der Waals surface area contributed by atoms with Gasteiger partial charge in [-0.05, 0) is 37.1 Å². The highest BCUT2D eigenvalue weighted by atomic mass is 19.1. The van der Waals surface area contributed by atoms with Crippen LogP contribution < -0.4 is 0 Å². The number of carbonyl (C=O) groups is 1. The number of carbonyl (C=O) groups excluding carboxylic acids is 1. The summed E-state index contributed by atoms with van der Waals surface area (Å²) in [5.74, 6) is 0.115. The second-order valence-corrected chi connectivity index (χ2v) is 4.99. The van der Waals surface area contributed by atoms with Crippen LogP contribution in [-0.2, 0) is 0 Å². The van der Waals surface area contributed by atoms with E-state index in [0.29, 0.717) is 11.5 Å². The molecule has 0 amide bonds. The van der Waals surface area contributed by atoms with E-state index in [4.69, 9.17) is 0 Å². The summed E-state index contributed by atoms with van der Waals surface area (Å²) < 4.78 is 14.6. The molecule has 0 spiro atoms. The lowest BCUT2D eigenvalue weighted by Crippen LogP contribution is -1.99. The molecule has 1 aromatic heterocycles. The molecular formula is C15H15FN2O. The second-order valence-electron chi connectivity index (χ2n) is 4.99. The van der Waals surface area contributed by atoms with E-state index >= 15 is 0 Å². The third-order valence-corrected chi connectivity index (χ3v) is 3.73. The van der Waals surface area contributed by atoms with Gasteiger partial charge in [0.1, 0.15) is 5.82 Å². The summed E-state index contributed by atoms with van der Waals surface area (Å²) in [6.07, 6.45) is 7.19. The molecule has 1 heterocycles. The molecule has 0 aliphatic heterocycles. The van der Waals surface area contributed by atoms with Crippen LogP contribution in [0.25, 0.3) is 5.69 Å². The van der Waals surface area contributed by atoms with Crippen molar-refractivity contribution >= 4 is 6.29 Å². The highest BCUT2D eigenvalue weighted by molar-refractivity contribution is 5.76. The quantitative estimate of drug-likeness (QED) is 0.790. The van der Waals surface area contributed by atoms with Crippen molar-refractivity contribution in [3.05, 3.63) is 47.5 Å². The van der Waals surface area contributed by atoms with E-state index in [1.807, 2.05) is 0 Å². The van der Waals surface area contributed by atoms with Gasteiger partial charge in [0.05, 0.1) is 16.9 Å². The Labute approximate surface area is 111 Å². The topological polar surface area (TPSA) is 34.9 Å². The molecule has 1 fully saturated rings. The van der Waals surface area contributed by atoms with Gasteiger partial charge in [-0.25, -0.2) is 9.07 Å². The summed E-state index contributed by atoms with van der Waals surface area (Å²) >= 11 is 0. The monoisotopic (exact) mass is 258 g/mol. The first-order valence-electron chi connectivity index (χ1n) is 6.58. The van der Waals surface area contributed by atoms with E-state index in [9.17, 15) is 9.18 Å². The summed E-state index contributed by atoms with van der Waals surface area (Å²) in [5.41, 5.74) is 2.31. The number of hydrogen-bond donors (Lipinski definition) is 0. The lowest BCUT2D eigenvalue weighted by molar-refractivity contribution is 0.112. The van der Waals surface area contributed by atoms with Crippen LogP contribution in [0.2, 0.25) is 0 Å². The first kappa shape index (κ1) is 12.1. The Balaban J connectivity index is 1.98. The normalized spacial score (nSPS) is 15.8. The van der Waals surface area contributed by atoms with Gasteiger partial charge in [0.15, 0.2) is 6.29 Å². The van der Waals surface area contributed by atoms with Gasteiger partial charge in [-0.15, -0.1) is 0 Å². The number of aromatic nitrogens is 2. The predicted molar refractivity (Wildman–Crippen MR) is 70.1 cm³/mol. The zero-order valence-electron chi connectivity index (χ0n) is 10.6. The molecule has 98 valence electrons. The number of aldehydes is 1. The van der Waals surface area contributed by atoms with Crippen LogP contribution in [0.3, 0.4) is 0 Å². The molecule has 1 aliphatic carbocycles. The Morgan fingerprint density at radius 3 is 2.53 bits per heavy atom. The number of halogens is 1. The average Bonchev–Trinajstić information content (AvgIpc) is 3.08. The molecule has 3 rings (SSSR count). The Morgan fingerprint density at radius 2 is 1.89 bits per heavy atom. The molecule has 1 aliphatic rings. The van der Waals surface area contributed by atoms with Gasteiger partial charge in [0.25, 0.3) is 0 Å². The fourth-order valence-electron chi connectivity index (χ4n) is 2.73. The third-order valence-electron chi connectivity index (χ3n) is 3.73. The minimum absolute atomic E-state index is 0.275. The molecule has 4 heteroatoms. The molecule has 0 bridgehead atoms. The lowest BCUT2D eigenvalue weighted by atomic mass is 10.0. The van der Waals surface area contributed by atoms with E-state index in [1.54, 1.807) is 23.0 Å². The van der Waals surface area contributed by atoms with Crippen molar-refractivity contribution in [2.75, 3.05) is 0 Å². The van der Waals surface area contributed by atoms with Gasteiger partial charge in [-0.3, -0.25) is 4.79 Å². The van der Waals surface area contributed by atoms with Gasteiger partial charge in [-0.1, -0.05) is 12.8 Å². The van der Waals surface area contributed by atoms with E-state index in [-0.39, 0.29) is 5.82 Å². The van der Waals surface area contributed by atoms with Crippen LogP contribution in [0.15, 0.2) is 30.5 Å². The Kier molecular flexibility index (Phi) is 3.15. The molecule has 0 atom stereocenters. The predicted octanol–water partition coefficient (Wildman–Crippen LogP) is 3.48. The van der Waals surface area contributed by atoms with Crippen molar-refractivity contribution in [2.24, 2.45) is 0 Å². The maximum absolute atomic E-state index is 12.9. The minimum Gasteiger partial charge on any atom is -0.298 e. The maximum Gasteiger partial charge on any atom is 0.153 e. The van der Waals surface area contributed by atoms with Crippen LogP contribution in [0, 0.1) is 5.82 Å². The van der Waals surface area contributed by atoms with E-state index in [0.717, 1.165) is 30.5 Å². The smallest absolute Gasteiger partial charge is 0.153 e. The molecular weight excluding hydrogens is 243 g/mol. The van der Waals surface area contributed by atoms with E-state index in [1.165, 1.54) is 25.0 Å². The Morgan fingerprint density at radius 1 is 1.21 bits per heavy atom. The Bertz CT molecular complexity index is 583. The molecule has 0 N–H and O–H groups in total. The largest absolute Gasteiger partial charge is 0.298 e. The Hall–Kier alpha value is -1.97. The van der Waals surface area contributed by atoms with Gasteiger partial charge >= 0.3 is 0 Å². The van der Waals surface area contributed by atoms with Crippen LogP contribution in [0.5, 0.6) is 0 Å². The van der Waals surface area contributed by atoms with E-state index < -0.39 is 0 Å². The van der Waals surface area contributed by atoms with Crippen molar-refractivity contribution in [1.29, 1.82) is 0 Å². The summed E-state index contributed by atoms with van der Waals surface area (Å²) in [6, 6.07) is 6.12. The van der Waals surface area contributed by atoms with Crippen molar-refractivity contribution in [2.45, 2.75) is 31.6 Å². The first-order chi connectivity index (χ1) is 9.28. The summed E-state index contributed by atoms with van der Waals surface area (Å²) in [4.78, 5) is 11.2. The van der Waals surface area contributed by atoms with Gasteiger partial charge in [-0.2, -0.15) is 5.10 Å². The van der Waals surface area contributed by atoms with Crippen LogP contribution in [-0.4, -0.2) is 16.1 Å². The third kappa shape index (κ3) is 2.30. The molecule has 19 heavy (non-hydrogen) atoms. The summed E-state index contributed by atoms with van der Waals surface area (Å²) in [7, 11) is 0. The highest BCUT2D eigenvalue weighted by Gasteiger charge is 2.23. The number of nitrogens with zero attached hydrogens (tertiary/aromatic N) is 2. The van der Waals surface area contributed by atoms with Crippen molar-refractivity contribution in [3.63, 3.8) is 0 Å². The molecule has 3 nitrogen and oxygen atoms in total. The SMILES string of the molecule is O=Cc1cn(-c2ccc(F)cc2)nc1C1CCCC1. The number of rotatable bonds is 3. The summed E-state index contributed by atoms with van der Waals surface area (Å²) in [6.45, 7) is 0. The number of hydrogen-bond acceptors (Lipinski definition) is 2. The lowest BCUT2D eigenvalue weighted by Gasteiger charge is -2.05. The molecule has 1 saturated carbocycles. The zero-order chi connectivity index (χ0) is 13.2. The standard InChI is InChI=1S/C15H15FN2O/c16-13-5-7-14(8-6-13)18-9-12(10-19)15(17-18)11-3-1-2-4-11/h5-11H,1-4H2. The van der Waals surface area contributed by atoms with Gasteiger partial charge in [0.2, 0.25) is 0 Å². The van der Waals surface area contributed by atoms with Crippen LogP contribution in [0.1, 0.15) is 47.7 Å². The molecule has 1 aromatic carbocycles. The van der Waals surface area contributed by atoms with Gasteiger partial charge < -0.3 is 0 Å². The molecule has 0 radical (unpaired) electrons. The molecule has 2 aromatic rings. The fraction of sp³-hybridized carbons (Fsp3) is 0.333. The first-order valence-corrected chi connectivity index (χ1v) is 6.58. The fourth-order valence-corrected chi connectivity index (χ4v) is 2.73. The van der Waals surface area contributed by atoms with E-state index in [2.05, 4.69) is 5.10 Å². The van der Waals surface area contributed by atoms with Crippen molar-refractivity contribution < 1.29 is 9.18 Å². The van der Waals surface area contributed by atoms with Crippen LogP contribution >= 0.6 is 0 Å². The maximum atomic E-state index is 12.9. The zero-order valence-corrected chi connectivity index (χ0v) is 10.6. The highest BCUT2D eigenvalue weighted by Crippen LogP contribution is 2.34. The second kappa shape index (κ2) is 4.96. The van der Waals surface area contributed by atoms with Crippen molar-refractivity contribution in [1.82, 2.24) is 9.78 Å². The average molecular weight is 258 g/mol. The summed E-state index contributed by atoms with van der Waals surface area (Å²) in [5, 5.41) is 4.53. The molecule has 0 unspecified atom stereocenters. The van der Waals surface area contributed by atoms with Crippen molar-refractivity contribution in [3.8, 4) is 5.69 Å². The molecule has 0 saturated heterocycles. The number of benzene rings is 1. The van der Waals surface area contributed by atoms with Gasteiger partial charge in [0, 0.05) is 12.1 Å². The minimum atomic E-state index is -0.275. The van der Waals surface area contributed by atoms with Crippen LogP contribution in [0.4, 0.5) is 4.39 Å².